The van der Waals surface area contributed by atoms with Gasteiger partial charge in [-0.1, -0.05) is 115 Å². The molecular weight excluding hydrogens is 647 g/mol. The fraction of sp³-hybridized carbons (Fsp3) is 0. The van der Waals surface area contributed by atoms with Crippen molar-refractivity contribution >= 4 is 75.3 Å². The smallest absolute Gasteiger partial charge is 0.238 e. The van der Waals surface area contributed by atoms with Crippen LogP contribution < -0.4 is 0 Å². The molecule has 0 bridgehead atoms. The molecule has 0 fully saturated rings. The number of aromatic nitrogens is 7. The van der Waals surface area contributed by atoms with Crippen molar-refractivity contribution in [3.05, 3.63) is 152 Å². The molecule has 238 valence electrons. The summed E-state index contributed by atoms with van der Waals surface area (Å²) in [6, 6.07) is 48.2. The summed E-state index contributed by atoms with van der Waals surface area (Å²) in [6.07, 6.45) is 3.59. The molecule has 5 heterocycles. The molecule has 8 heteroatoms. The first kappa shape index (κ1) is 28.1. The van der Waals surface area contributed by atoms with Crippen LogP contribution in [0, 0.1) is 0 Å². The van der Waals surface area contributed by atoms with E-state index in [1.54, 1.807) is 17.7 Å². The Morgan fingerprint density at radius 3 is 1.67 bits per heavy atom. The summed E-state index contributed by atoms with van der Waals surface area (Å²) in [5.74, 6) is 1.77. The number of para-hydroxylation sites is 3. The highest BCUT2D eigenvalue weighted by Crippen LogP contribution is 2.50. The van der Waals surface area contributed by atoms with Gasteiger partial charge in [0, 0.05) is 60.0 Å². The van der Waals surface area contributed by atoms with Gasteiger partial charge in [0.1, 0.15) is 11.2 Å². The number of thiophene rings is 1. The number of benzene rings is 6. The molecule has 0 aliphatic heterocycles. The zero-order chi connectivity index (χ0) is 33.5. The second-order valence-electron chi connectivity index (χ2n) is 12.6. The summed E-state index contributed by atoms with van der Waals surface area (Å²) in [7, 11) is 0. The van der Waals surface area contributed by atoms with Crippen molar-refractivity contribution in [3.63, 3.8) is 0 Å². The second-order valence-corrected chi connectivity index (χ2v) is 13.5. The number of nitrogens with zero attached hydrogens (tertiary/aromatic N) is 7. The maximum atomic E-state index is 5.25. The normalized spacial score (nSPS) is 11.9. The van der Waals surface area contributed by atoms with E-state index in [2.05, 4.69) is 93.0 Å². The Hall–Kier alpha value is -6.77. The van der Waals surface area contributed by atoms with E-state index in [-0.39, 0.29) is 0 Å². The van der Waals surface area contributed by atoms with Crippen LogP contribution >= 0.6 is 11.3 Å². The Kier molecular flexibility index (Phi) is 5.99. The summed E-state index contributed by atoms with van der Waals surface area (Å²) >= 11 is 1.71. The van der Waals surface area contributed by atoms with Crippen LogP contribution in [0.5, 0.6) is 0 Å². The Labute approximate surface area is 294 Å². The summed E-state index contributed by atoms with van der Waals surface area (Å²) in [5, 5.41) is 6.72. The first-order valence-corrected chi connectivity index (χ1v) is 17.6. The van der Waals surface area contributed by atoms with Crippen molar-refractivity contribution in [2.45, 2.75) is 0 Å². The molecule has 0 N–H and O–H groups in total. The molecule has 0 saturated carbocycles. The summed E-state index contributed by atoms with van der Waals surface area (Å²) in [6.45, 7) is 0. The Balaban J connectivity index is 1.41. The Morgan fingerprint density at radius 2 is 1.00 bits per heavy atom. The van der Waals surface area contributed by atoms with Gasteiger partial charge in [-0.15, -0.1) is 11.3 Å². The number of rotatable bonds is 4. The third-order valence-corrected chi connectivity index (χ3v) is 10.9. The Morgan fingerprint density at radius 1 is 0.471 bits per heavy atom. The van der Waals surface area contributed by atoms with Crippen LogP contribution in [0.15, 0.2) is 152 Å². The van der Waals surface area contributed by atoms with Gasteiger partial charge in [-0.3, -0.25) is 4.57 Å². The van der Waals surface area contributed by atoms with Gasteiger partial charge in [0.25, 0.3) is 0 Å². The van der Waals surface area contributed by atoms with E-state index in [0.29, 0.717) is 17.6 Å². The van der Waals surface area contributed by atoms with E-state index in [9.17, 15) is 0 Å². The molecule has 0 saturated heterocycles. The van der Waals surface area contributed by atoms with Crippen molar-refractivity contribution in [2.75, 3.05) is 0 Å². The van der Waals surface area contributed by atoms with Gasteiger partial charge in [-0.25, -0.2) is 15.0 Å². The maximum absolute atomic E-state index is 5.25. The zero-order valence-electron chi connectivity index (χ0n) is 27.0. The van der Waals surface area contributed by atoms with Crippen molar-refractivity contribution in [1.82, 2.24) is 34.1 Å². The Bertz CT molecular complexity index is 3070. The van der Waals surface area contributed by atoms with Crippen molar-refractivity contribution in [3.8, 4) is 34.4 Å². The summed E-state index contributed by atoms with van der Waals surface area (Å²) in [5.41, 5.74) is 7.25. The van der Waals surface area contributed by atoms with Gasteiger partial charge in [0.15, 0.2) is 11.6 Å². The van der Waals surface area contributed by atoms with Gasteiger partial charge in [-0.05, 0) is 24.3 Å². The minimum absolute atomic E-state index is 0.549. The molecule has 11 rings (SSSR count). The second kappa shape index (κ2) is 10.9. The van der Waals surface area contributed by atoms with E-state index in [1.807, 2.05) is 66.9 Å². The van der Waals surface area contributed by atoms with Crippen molar-refractivity contribution in [2.24, 2.45) is 0 Å². The lowest BCUT2D eigenvalue weighted by molar-refractivity contribution is 0.955. The largest absolute Gasteiger partial charge is 0.308 e. The van der Waals surface area contributed by atoms with Crippen LogP contribution in [-0.2, 0) is 0 Å². The van der Waals surface area contributed by atoms with E-state index in [4.69, 9.17) is 19.9 Å². The van der Waals surface area contributed by atoms with Gasteiger partial charge in [0.2, 0.25) is 5.95 Å². The van der Waals surface area contributed by atoms with E-state index in [1.165, 1.54) is 10.8 Å². The number of fused-ring (bicyclic) bond motifs is 12. The van der Waals surface area contributed by atoms with Gasteiger partial charge in [0.05, 0.1) is 22.1 Å². The highest BCUT2D eigenvalue weighted by Gasteiger charge is 2.28. The molecular formula is C43H25N7S. The van der Waals surface area contributed by atoms with E-state index in [0.717, 1.165) is 70.0 Å². The molecule has 0 amide bonds. The van der Waals surface area contributed by atoms with Crippen LogP contribution in [0.3, 0.4) is 0 Å². The van der Waals surface area contributed by atoms with Crippen LogP contribution in [0.25, 0.3) is 98.3 Å². The lowest BCUT2D eigenvalue weighted by Crippen LogP contribution is -2.06. The monoisotopic (exact) mass is 671 g/mol. The van der Waals surface area contributed by atoms with Crippen LogP contribution in [0.1, 0.15) is 0 Å². The fourth-order valence-electron chi connectivity index (χ4n) is 7.63. The van der Waals surface area contributed by atoms with Crippen LogP contribution in [0.4, 0.5) is 0 Å². The van der Waals surface area contributed by atoms with Crippen molar-refractivity contribution < 1.29 is 0 Å². The van der Waals surface area contributed by atoms with Crippen LogP contribution in [0.2, 0.25) is 0 Å². The lowest BCUT2D eigenvalue weighted by atomic mass is 10.0. The minimum atomic E-state index is 0.549. The van der Waals surface area contributed by atoms with E-state index >= 15 is 0 Å². The molecule has 5 aromatic heterocycles. The molecule has 0 spiro atoms. The molecule has 6 aromatic carbocycles. The predicted molar refractivity (Wildman–Crippen MR) is 208 cm³/mol. The number of hydrogen-bond donors (Lipinski definition) is 0. The van der Waals surface area contributed by atoms with E-state index < -0.39 is 0 Å². The quantitative estimate of drug-likeness (QED) is 0.186. The topological polar surface area (TPSA) is 74.3 Å². The third kappa shape index (κ3) is 4.08. The average molecular weight is 672 g/mol. The highest BCUT2D eigenvalue weighted by atomic mass is 32.1. The van der Waals surface area contributed by atoms with Gasteiger partial charge in [-0.2, -0.15) is 9.97 Å². The lowest BCUT2D eigenvalue weighted by Gasteiger charge is -2.12. The minimum Gasteiger partial charge on any atom is -0.308 e. The molecule has 0 unspecified atom stereocenters. The van der Waals surface area contributed by atoms with Gasteiger partial charge < -0.3 is 4.57 Å². The van der Waals surface area contributed by atoms with Crippen molar-refractivity contribution in [1.29, 1.82) is 0 Å². The standard InChI is InChI=1S/C43H25N7S/c1-4-14-26(15-5-1)40-46-41(27-16-6-2-7-17-27)48-43(47-40)50-33-23-13-10-20-29(33)34-37-35(39-36(38(34)50)31-24-44-25-45-42(31)51-39)30-21-11-12-22-32(30)49(37)28-18-8-3-9-19-28/h1-25H. The van der Waals surface area contributed by atoms with Gasteiger partial charge >= 0.3 is 0 Å². The molecule has 0 aliphatic rings. The zero-order valence-corrected chi connectivity index (χ0v) is 27.8. The first-order valence-electron chi connectivity index (χ1n) is 16.8. The average Bonchev–Trinajstić information content (AvgIpc) is 3.87. The van der Waals surface area contributed by atoms with Crippen LogP contribution in [-0.4, -0.2) is 34.1 Å². The molecule has 0 radical (unpaired) electrons. The summed E-state index contributed by atoms with van der Waals surface area (Å²) in [4.78, 5) is 25.8. The molecule has 11 aromatic rings. The maximum Gasteiger partial charge on any atom is 0.238 e. The summed E-state index contributed by atoms with van der Waals surface area (Å²) < 4.78 is 5.81. The molecule has 0 atom stereocenters. The first-order chi connectivity index (χ1) is 25.3. The fourth-order valence-corrected chi connectivity index (χ4v) is 8.80. The molecule has 0 aliphatic carbocycles. The highest BCUT2D eigenvalue weighted by molar-refractivity contribution is 7.26. The SMILES string of the molecule is c1ccc(-c2nc(-c3ccccc3)nc(-n3c4ccccc4c4c5c(c6ccccc6n5-c5ccccc5)c5sc6ncncc6c5c43)n2)cc1. The molecule has 7 nitrogen and oxygen atoms in total. The predicted octanol–water partition coefficient (Wildman–Crippen LogP) is 10.6. The molecule has 51 heavy (non-hydrogen) atoms. The number of hydrogen-bond acceptors (Lipinski definition) is 6. The third-order valence-electron chi connectivity index (χ3n) is 9.72.